The van der Waals surface area contributed by atoms with E-state index in [1.807, 2.05) is 34.9 Å². The van der Waals surface area contributed by atoms with Gasteiger partial charge in [-0.1, -0.05) is 36.4 Å². The molecule has 5 nitrogen and oxygen atoms in total. The molecule has 0 saturated heterocycles. The zero-order valence-corrected chi connectivity index (χ0v) is 18.1. The number of carbonyl (C=O) groups excluding carboxylic acids is 1. The quantitative estimate of drug-likeness (QED) is 0.390. The number of hydrogen-bond donors (Lipinski definition) is 1. The van der Waals surface area contributed by atoms with E-state index in [1.54, 1.807) is 30.6 Å². The first kappa shape index (κ1) is 22.2. The number of ether oxygens (including phenoxy) is 1. The normalized spacial score (nSPS) is 10.8. The summed E-state index contributed by atoms with van der Waals surface area (Å²) in [4.78, 5) is 17.3. The Balaban J connectivity index is 1.55. The summed E-state index contributed by atoms with van der Waals surface area (Å²) in [5.41, 5.74) is 2.98. The smallest absolute Gasteiger partial charge is 0.225 e. The molecule has 4 aromatic rings. The van der Waals surface area contributed by atoms with Crippen molar-refractivity contribution in [3.63, 3.8) is 0 Å². The SMILES string of the molecule is COc1ccc(CCC(=O)Nc2c(-c3ccc(F)cc3)ncn2Cc2ccccc2)cc1F. The number of rotatable bonds is 8. The lowest BCUT2D eigenvalue weighted by Crippen LogP contribution is -2.16. The number of carbonyl (C=O) groups is 1. The van der Waals surface area contributed by atoms with Gasteiger partial charge in [0.25, 0.3) is 0 Å². The van der Waals surface area contributed by atoms with E-state index in [2.05, 4.69) is 10.3 Å². The lowest BCUT2D eigenvalue weighted by Gasteiger charge is -2.12. The van der Waals surface area contributed by atoms with E-state index in [-0.39, 0.29) is 23.9 Å². The second-order valence-corrected chi connectivity index (χ2v) is 7.58. The average Bonchev–Trinajstić information content (AvgIpc) is 3.20. The zero-order chi connectivity index (χ0) is 23.2. The summed E-state index contributed by atoms with van der Waals surface area (Å²) in [6, 6.07) is 20.4. The molecule has 3 aromatic carbocycles. The molecule has 0 unspecified atom stereocenters. The minimum atomic E-state index is -0.463. The van der Waals surface area contributed by atoms with Gasteiger partial charge in [0.1, 0.15) is 17.3 Å². The van der Waals surface area contributed by atoms with Crippen LogP contribution < -0.4 is 10.1 Å². The highest BCUT2D eigenvalue weighted by Gasteiger charge is 2.16. The first-order valence-electron chi connectivity index (χ1n) is 10.5. The number of hydrogen-bond acceptors (Lipinski definition) is 3. The molecule has 1 N–H and O–H groups in total. The van der Waals surface area contributed by atoms with Crippen molar-refractivity contribution < 1.29 is 18.3 Å². The van der Waals surface area contributed by atoms with Crippen LogP contribution in [0.3, 0.4) is 0 Å². The fourth-order valence-electron chi connectivity index (χ4n) is 3.55. The standard InChI is InChI=1S/C26H23F2N3O2/c1-33-23-13-7-18(15-22(23)28)8-14-24(32)30-26-25(20-9-11-21(27)12-10-20)29-17-31(26)16-19-5-3-2-4-6-19/h2-7,9-13,15,17H,8,14,16H2,1H3,(H,30,32). The van der Waals surface area contributed by atoms with Crippen molar-refractivity contribution >= 4 is 11.7 Å². The summed E-state index contributed by atoms with van der Waals surface area (Å²) in [6.07, 6.45) is 2.18. The minimum absolute atomic E-state index is 0.158. The summed E-state index contributed by atoms with van der Waals surface area (Å²) in [7, 11) is 1.41. The van der Waals surface area contributed by atoms with E-state index < -0.39 is 5.82 Å². The summed E-state index contributed by atoms with van der Waals surface area (Å²) >= 11 is 0. The molecule has 0 spiro atoms. The van der Waals surface area contributed by atoms with E-state index in [0.29, 0.717) is 35.6 Å². The van der Waals surface area contributed by atoms with E-state index in [1.165, 1.54) is 25.3 Å². The van der Waals surface area contributed by atoms with Gasteiger partial charge in [-0.2, -0.15) is 0 Å². The predicted molar refractivity (Wildman–Crippen MR) is 123 cm³/mol. The molecular weight excluding hydrogens is 424 g/mol. The molecule has 1 amide bonds. The fraction of sp³-hybridized carbons (Fsp3) is 0.154. The molecule has 0 aliphatic rings. The first-order chi connectivity index (χ1) is 16.0. The largest absolute Gasteiger partial charge is 0.494 e. The van der Waals surface area contributed by atoms with Crippen LogP contribution >= 0.6 is 0 Å². The van der Waals surface area contributed by atoms with Gasteiger partial charge < -0.3 is 14.6 Å². The van der Waals surface area contributed by atoms with Crippen LogP contribution in [0.15, 0.2) is 79.1 Å². The maximum atomic E-state index is 13.9. The Morgan fingerprint density at radius 3 is 2.45 bits per heavy atom. The van der Waals surface area contributed by atoms with Gasteiger partial charge >= 0.3 is 0 Å². The van der Waals surface area contributed by atoms with Gasteiger partial charge in [0, 0.05) is 12.0 Å². The number of halogens is 2. The maximum Gasteiger partial charge on any atom is 0.225 e. The molecule has 7 heteroatoms. The van der Waals surface area contributed by atoms with Crippen LogP contribution in [0.5, 0.6) is 5.75 Å². The molecule has 33 heavy (non-hydrogen) atoms. The van der Waals surface area contributed by atoms with E-state index >= 15 is 0 Å². The molecule has 1 heterocycles. The Hall–Kier alpha value is -4.00. The van der Waals surface area contributed by atoms with Gasteiger partial charge in [-0.15, -0.1) is 0 Å². The lowest BCUT2D eigenvalue weighted by atomic mass is 10.1. The van der Waals surface area contributed by atoms with Gasteiger partial charge in [0.2, 0.25) is 5.91 Å². The Bertz CT molecular complexity index is 1240. The highest BCUT2D eigenvalue weighted by molar-refractivity contribution is 5.93. The Kier molecular flexibility index (Phi) is 6.78. The van der Waals surface area contributed by atoms with Crippen LogP contribution in [0.25, 0.3) is 11.3 Å². The number of benzene rings is 3. The molecule has 4 rings (SSSR count). The number of amides is 1. The van der Waals surface area contributed by atoms with Crippen molar-refractivity contribution in [3.8, 4) is 17.0 Å². The molecule has 0 aliphatic heterocycles. The number of imidazole rings is 1. The molecule has 0 fully saturated rings. The number of nitrogens with zero attached hydrogens (tertiary/aromatic N) is 2. The highest BCUT2D eigenvalue weighted by atomic mass is 19.1. The van der Waals surface area contributed by atoms with Crippen LogP contribution in [-0.2, 0) is 17.8 Å². The van der Waals surface area contributed by atoms with Crippen LogP contribution in [0, 0.1) is 11.6 Å². The Labute approximate surface area is 190 Å². The van der Waals surface area contributed by atoms with Gasteiger partial charge in [-0.3, -0.25) is 4.79 Å². The summed E-state index contributed by atoms with van der Waals surface area (Å²) in [5, 5.41) is 2.95. The zero-order valence-electron chi connectivity index (χ0n) is 18.1. The van der Waals surface area contributed by atoms with E-state index in [9.17, 15) is 13.6 Å². The molecular formula is C26H23F2N3O2. The van der Waals surface area contributed by atoms with Crippen molar-refractivity contribution in [2.45, 2.75) is 19.4 Å². The number of aryl methyl sites for hydroxylation is 1. The van der Waals surface area contributed by atoms with Gasteiger partial charge in [-0.05, 0) is 53.9 Å². The molecule has 0 atom stereocenters. The van der Waals surface area contributed by atoms with Crippen LogP contribution in [-0.4, -0.2) is 22.6 Å². The van der Waals surface area contributed by atoms with Crippen LogP contribution in [0.2, 0.25) is 0 Å². The highest BCUT2D eigenvalue weighted by Crippen LogP contribution is 2.28. The van der Waals surface area contributed by atoms with E-state index in [0.717, 1.165) is 5.56 Å². The summed E-state index contributed by atoms with van der Waals surface area (Å²) in [6.45, 7) is 0.508. The molecule has 168 valence electrons. The van der Waals surface area contributed by atoms with Crippen molar-refractivity contribution in [3.05, 3.63) is 102 Å². The van der Waals surface area contributed by atoms with E-state index in [4.69, 9.17) is 4.74 Å². The summed E-state index contributed by atoms with van der Waals surface area (Å²) < 4.78 is 34.1. The van der Waals surface area contributed by atoms with Gasteiger partial charge in [0.15, 0.2) is 11.6 Å². The number of aromatic nitrogens is 2. The third kappa shape index (κ3) is 5.44. The number of nitrogens with one attached hydrogen (secondary N) is 1. The fourth-order valence-corrected chi connectivity index (χ4v) is 3.55. The molecule has 0 saturated carbocycles. The summed E-state index contributed by atoms with van der Waals surface area (Å²) in [5.74, 6) is -0.354. The van der Waals surface area contributed by atoms with Crippen LogP contribution in [0.4, 0.5) is 14.6 Å². The maximum absolute atomic E-state index is 13.9. The Morgan fingerprint density at radius 1 is 1.00 bits per heavy atom. The van der Waals surface area contributed by atoms with Crippen molar-refractivity contribution in [1.82, 2.24) is 9.55 Å². The first-order valence-corrected chi connectivity index (χ1v) is 10.5. The molecule has 0 radical (unpaired) electrons. The average molecular weight is 447 g/mol. The number of methoxy groups -OCH3 is 1. The molecule has 0 aliphatic carbocycles. The molecule has 1 aromatic heterocycles. The second kappa shape index (κ2) is 10.1. The van der Waals surface area contributed by atoms with Gasteiger partial charge in [0.05, 0.1) is 20.0 Å². The second-order valence-electron chi connectivity index (χ2n) is 7.58. The van der Waals surface area contributed by atoms with Gasteiger partial charge in [-0.25, -0.2) is 13.8 Å². The lowest BCUT2D eigenvalue weighted by molar-refractivity contribution is -0.116. The van der Waals surface area contributed by atoms with Crippen molar-refractivity contribution in [1.29, 1.82) is 0 Å². The number of anilines is 1. The minimum Gasteiger partial charge on any atom is -0.494 e. The third-order valence-electron chi connectivity index (χ3n) is 5.27. The predicted octanol–water partition coefficient (Wildman–Crippen LogP) is 5.46. The monoisotopic (exact) mass is 447 g/mol. The topological polar surface area (TPSA) is 56.1 Å². The molecule has 0 bridgehead atoms. The van der Waals surface area contributed by atoms with Crippen molar-refractivity contribution in [2.24, 2.45) is 0 Å². The van der Waals surface area contributed by atoms with Crippen molar-refractivity contribution in [2.75, 3.05) is 12.4 Å². The van der Waals surface area contributed by atoms with Crippen LogP contribution in [0.1, 0.15) is 17.5 Å². The third-order valence-corrected chi connectivity index (χ3v) is 5.27. The Morgan fingerprint density at radius 2 is 1.76 bits per heavy atom.